The van der Waals surface area contributed by atoms with Gasteiger partial charge in [-0.15, -0.1) is 0 Å². The second-order valence-corrected chi connectivity index (χ2v) is 8.89. The average molecular weight is 483 g/mol. The van der Waals surface area contributed by atoms with Crippen molar-refractivity contribution in [3.63, 3.8) is 0 Å². The number of rotatable bonds is 10. The van der Waals surface area contributed by atoms with Gasteiger partial charge < -0.3 is 10.2 Å². The van der Waals surface area contributed by atoms with Crippen LogP contribution in [0.4, 0.5) is 4.39 Å². The normalized spacial score (nSPS) is 11.7. The summed E-state index contributed by atoms with van der Waals surface area (Å²) in [5, 5.41) is 5.16. The summed E-state index contributed by atoms with van der Waals surface area (Å²) in [5.41, 5.74) is 2.85. The fourth-order valence-electron chi connectivity index (χ4n) is 4.53. The molecule has 2 amide bonds. The van der Waals surface area contributed by atoms with E-state index in [9.17, 15) is 14.0 Å². The topological polar surface area (TPSA) is 49.4 Å². The van der Waals surface area contributed by atoms with Gasteiger partial charge in [-0.25, -0.2) is 4.39 Å². The molecule has 0 heterocycles. The van der Waals surface area contributed by atoms with Crippen molar-refractivity contribution < 1.29 is 14.0 Å². The molecular weight excluding hydrogens is 451 g/mol. The Morgan fingerprint density at radius 1 is 0.833 bits per heavy atom. The zero-order valence-electron chi connectivity index (χ0n) is 20.5. The van der Waals surface area contributed by atoms with E-state index < -0.39 is 6.04 Å². The molecule has 1 atom stereocenters. The summed E-state index contributed by atoms with van der Waals surface area (Å²) in [6.45, 7) is 2.56. The maximum Gasteiger partial charge on any atom is 0.243 e. The van der Waals surface area contributed by atoms with Crippen molar-refractivity contribution in [3.8, 4) is 0 Å². The number of carbonyl (C=O) groups is 2. The third-order valence-corrected chi connectivity index (χ3v) is 6.38. The molecule has 0 spiro atoms. The number of hydrogen-bond acceptors (Lipinski definition) is 2. The minimum Gasteiger partial charge on any atom is -0.355 e. The molecule has 5 heteroatoms. The van der Waals surface area contributed by atoms with E-state index in [1.54, 1.807) is 17.0 Å². The van der Waals surface area contributed by atoms with E-state index in [0.29, 0.717) is 19.4 Å². The van der Waals surface area contributed by atoms with E-state index in [1.165, 1.54) is 12.1 Å². The first-order chi connectivity index (χ1) is 17.5. The molecule has 0 aliphatic heterocycles. The van der Waals surface area contributed by atoms with Gasteiger partial charge in [0.2, 0.25) is 11.8 Å². The van der Waals surface area contributed by atoms with Gasteiger partial charge in [-0.05, 0) is 52.9 Å². The molecule has 36 heavy (non-hydrogen) atoms. The van der Waals surface area contributed by atoms with Crippen LogP contribution in [0.5, 0.6) is 0 Å². The molecule has 0 saturated carbocycles. The van der Waals surface area contributed by atoms with Crippen LogP contribution in [0.2, 0.25) is 0 Å². The van der Waals surface area contributed by atoms with Gasteiger partial charge in [-0.1, -0.05) is 84.9 Å². The number of fused-ring (bicyclic) bond motifs is 1. The van der Waals surface area contributed by atoms with Gasteiger partial charge in [-0.3, -0.25) is 9.59 Å². The van der Waals surface area contributed by atoms with Gasteiger partial charge in [0, 0.05) is 25.9 Å². The number of nitrogens with one attached hydrogen (secondary N) is 1. The molecule has 4 rings (SSSR count). The molecule has 0 fully saturated rings. The summed E-state index contributed by atoms with van der Waals surface area (Å²) in [4.78, 5) is 28.6. The lowest BCUT2D eigenvalue weighted by Crippen LogP contribution is -2.50. The lowest BCUT2D eigenvalue weighted by atomic mass is 9.99. The van der Waals surface area contributed by atoms with Crippen LogP contribution in [-0.2, 0) is 29.0 Å². The SMILES string of the molecule is CCNC(=O)[C@H](Cc1ccccc1)N(Cc1ccc(F)cc1)C(=O)CCc1cccc2ccccc12. The highest BCUT2D eigenvalue weighted by Gasteiger charge is 2.30. The van der Waals surface area contributed by atoms with E-state index in [2.05, 4.69) is 23.5 Å². The minimum atomic E-state index is -0.683. The van der Waals surface area contributed by atoms with E-state index in [0.717, 1.165) is 27.5 Å². The monoisotopic (exact) mass is 482 g/mol. The fourth-order valence-corrected chi connectivity index (χ4v) is 4.53. The number of amides is 2. The van der Waals surface area contributed by atoms with E-state index in [-0.39, 0.29) is 30.6 Å². The minimum absolute atomic E-state index is 0.112. The lowest BCUT2D eigenvalue weighted by molar-refractivity contribution is -0.141. The summed E-state index contributed by atoms with van der Waals surface area (Å²) >= 11 is 0. The zero-order chi connectivity index (χ0) is 25.3. The third kappa shape index (κ3) is 6.36. The third-order valence-electron chi connectivity index (χ3n) is 6.38. The number of carbonyl (C=O) groups excluding carboxylic acids is 2. The number of aryl methyl sites for hydroxylation is 1. The molecular formula is C31H31FN2O2. The molecule has 4 aromatic rings. The Hall–Kier alpha value is -3.99. The summed E-state index contributed by atoms with van der Waals surface area (Å²) in [7, 11) is 0. The molecule has 0 saturated heterocycles. The molecule has 4 nitrogen and oxygen atoms in total. The van der Waals surface area contributed by atoms with Crippen molar-refractivity contribution in [2.45, 2.75) is 38.8 Å². The standard InChI is InChI=1S/C31H31FN2O2/c1-2-33-31(36)29(21-23-9-4-3-5-10-23)34(22-24-15-18-27(32)19-16-24)30(35)20-17-26-13-8-12-25-11-6-7-14-28(25)26/h3-16,18-19,29H,2,17,20-22H2,1H3,(H,33,36)/t29-/m0/s1. The van der Waals surface area contributed by atoms with Crippen molar-refractivity contribution in [1.29, 1.82) is 0 Å². The quantitative estimate of drug-likeness (QED) is 0.316. The Labute approximate surface area is 211 Å². The Balaban J connectivity index is 1.62. The van der Waals surface area contributed by atoms with Gasteiger partial charge >= 0.3 is 0 Å². The van der Waals surface area contributed by atoms with E-state index >= 15 is 0 Å². The Morgan fingerprint density at radius 2 is 1.53 bits per heavy atom. The van der Waals surface area contributed by atoms with Crippen LogP contribution in [0.25, 0.3) is 10.8 Å². The van der Waals surface area contributed by atoms with Crippen molar-refractivity contribution in [1.82, 2.24) is 10.2 Å². The van der Waals surface area contributed by atoms with E-state index in [4.69, 9.17) is 0 Å². The van der Waals surface area contributed by atoms with E-state index in [1.807, 2.05) is 61.5 Å². The van der Waals surface area contributed by atoms with Gasteiger partial charge in [0.25, 0.3) is 0 Å². The Kier molecular flexibility index (Phi) is 8.45. The van der Waals surface area contributed by atoms with Crippen molar-refractivity contribution in [3.05, 3.63) is 120 Å². The number of hydrogen-bond donors (Lipinski definition) is 1. The van der Waals surface area contributed by atoms with Crippen LogP contribution in [0.1, 0.15) is 30.0 Å². The molecule has 184 valence electrons. The maximum absolute atomic E-state index is 13.7. The molecule has 0 aromatic heterocycles. The molecule has 0 bridgehead atoms. The predicted octanol–water partition coefficient (Wildman–Crippen LogP) is 5.69. The van der Waals surface area contributed by atoms with Crippen molar-refractivity contribution in [2.24, 2.45) is 0 Å². The Bertz CT molecular complexity index is 1300. The zero-order valence-corrected chi connectivity index (χ0v) is 20.5. The largest absolute Gasteiger partial charge is 0.355 e. The second-order valence-electron chi connectivity index (χ2n) is 8.89. The van der Waals surface area contributed by atoms with Crippen LogP contribution in [0.15, 0.2) is 97.1 Å². The fraction of sp³-hybridized carbons (Fsp3) is 0.226. The van der Waals surface area contributed by atoms with Crippen molar-refractivity contribution >= 4 is 22.6 Å². The number of halogens is 1. The maximum atomic E-state index is 13.7. The highest BCUT2D eigenvalue weighted by molar-refractivity contribution is 5.89. The smallest absolute Gasteiger partial charge is 0.243 e. The average Bonchev–Trinajstić information content (AvgIpc) is 2.91. The van der Waals surface area contributed by atoms with Gasteiger partial charge in [-0.2, -0.15) is 0 Å². The van der Waals surface area contributed by atoms with Crippen LogP contribution in [0, 0.1) is 5.82 Å². The lowest BCUT2D eigenvalue weighted by Gasteiger charge is -2.31. The van der Waals surface area contributed by atoms with Crippen LogP contribution in [0.3, 0.4) is 0 Å². The summed E-state index contributed by atoms with van der Waals surface area (Å²) in [6, 6.07) is 29.4. The van der Waals surface area contributed by atoms with Gasteiger partial charge in [0.1, 0.15) is 11.9 Å². The first-order valence-corrected chi connectivity index (χ1v) is 12.4. The van der Waals surface area contributed by atoms with Crippen LogP contribution < -0.4 is 5.32 Å². The summed E-state index contributed by atoms with van der Waals surface area (Å²) < 4.78 is 13.5. The Morgan fingerprint density at radius 3 is 2.28 bits per heavy atom. The molecule has 0 radical (unpaired) electrons. The highest BCUT2D eigenvalue weighted by atomic mass is 19.1. The first-order valence-electron chi connectivity index (χ1n) is 12.4. The van der Waals surface area contributed by atoms with Crippen LogP contribution >= 0.6 is 0 Å². The van der Waals surface area contributed by atoms with Gasteiger partial charge in [0.15, 0.2) is 0 Å². The van der Waals surface area contributed by atoms with Crippen molar-refractivity contribution in [2.75, 3.05) is 6.54 Å². The van der Waals surface area contributed by atoms with Gasteiger partial charge in [0.05, 0.1) is 0 Å². The molecule has 1 N–H and O–H groups in total. The summed E-state index contributed by atoms with van der Waals surface area (Å²) in [5.74, 6) is -0.640. The first kappa shape index (κ1) is 25.1. The highest BCUT2D eigenvalue weighted by Crippen LogP contribution is 2.22. The number of benzene rings is 4. The second kappa shape index (κ2) is 12.1. The molecule has 0 unspecified atom stereocenters. The predicted molar refractivity (Wildman–Crippen MR) is 142 cm³/mol. The van der Waals surface area contributed by atoms with Crippen LogP contribution in [-0.4, -0.2) is 29.3 Å². The number of likely N-dealkylation sites (N-methyl/N-ethyl adjacent to an activating group) is 1. The molecule has 4 aromatic carbocycles. The molecule has 0 aliphatic carbocycles. The molecule has 0 aliphatic rings. The number of nitrogens with zero attached hydrogens (tertiary/aromatic N) is 1. The summed E-state index contributed by atoms with van der Waals surface area (Å²) in [6.07, 6.45) is 1.22.